The molecule has 0 aliphatic heterocycles. The fourth-order valence-corrected chi connectivity index (χ4v) is 3.10. The Balaban J connectivity index is 2.28. The van der Waals surface area contributed by atoms with Crippen LogP contribution in [0.4, 0.5) is 4.39 Å². The lowest BCUT2D eigenvalue weighted by Gasteiger charge is -2.27. The predicted octanol–water partition coefficient (Wildman–Crippen LogP) is 3.25. The fraction of sp³-hybridized carbons (Fsp3) is 0.600. The summed E-state index contributed by atoms with van der Waals surface area (Å²) in [5, 5.41) is 3.49. The van der Waals surface area contributed by atoms with Gasteiger partial charge in [0.05, 0.1) is 7.11 Å². The Bertz CT molecular complexity index is 421. The molecule has 18 heavy (non-hydrogen) atoms. The SMILES string of the molecule is CCNC1CCC(C)(c2cc(F)ccc2OC)C1. The zero-order valence-corrected chi connectivity index (χ0v) is 11.4. The summed E-state index contributed by atoms with van der Waals surface area (Å²) in [6.07, 6.45) is 3.26. The van der Waals surface area contributed by atoms with E-state index in [0.29, 0.717) is 6.04 Å². The smallest absolute Gasteiger partial charge is 0.123 e. The largest absolute Gasteiger partial charge is 0.496 e. The Labute approximate surface area is 109 Å². The Kier molecular flexibility index (Phi) is 3.91. The third kappa shape index (κ3) is 2.51. The molecule has 1 aromatic carbocycles. The third-order valence-electron chi connectivity index (χ3n) is 4.05. The number of rotatable bonds is 4. The molecule has 1 aliphatic rings. The normalized spacial score (nSPS) is 27.4. The minimum absolute atomic E-state index is 0.0142. The van der Waals surface area contributed by atoms with Crippen molar-refractivity contribution in [2.24, 2.45) is 0 Å². The number of halogens is 1. The number of ether oxygens (including phenoxy) is 1. The fourth-order valence-electron chi connectivity index (χ4n) is 3.10. The van der Waals surface area contributed by atoms with Crippen molar-refractivity contribution in [1.29, 1.82) is 0 Å². The molecule has 0 amide bonds. The zero-order valence-electron chi connectivity index (χ0n) is 11.4. The first-order valence-corrected chi connectivity index (χ1v) is 6.66. The van der Waals surface area contributed by atoms with Crippen LogP contribution in [0.25, 0.3) is 0 Å². The first-order valence-electron chi connectivity index (χ1n) is 6.66. The van der Waals surface area contributed by atoms with E-state index in [1.807, 2.05) is 0 Å². The molecule has 2 rings (SSSR count). The van der Waals surface area contributed by atoms with Gasteiger partial charge in [0.25, 0.3) is 0 Å². The Morgan fingerprint density at radius 1 is 1.50 bits per heavy atom. The first kappa shape index (κ1) is 13.3. The van der Waals surface area contributed by atoms with E-state index in [1.165, 1.54) is 6.07 Å². The van der Waals surface area contributed by atoms with Crippen molar-refractivity contribution in [3.05, 3.63) is 29.6 Å². The molecule has 0 heterocycles. The number of hydrogen-bond donors (Lipinski definition) is 1. The van der Waals surface area contributed by atoms with Gasteiger partial charge in [-0.3, -0.25) is 0 Å². The summed E-state index contributed by atoms with van der Waals surface area (Å²) < 4.78 is 18.9. The van der Waals surface area contributed by atoms with Gasteiger partial charge in [-0.15, -0.1) is 0 Å². The molecule has 1 N–H and O–H groups in total. The maximum atomic E-state index is 13.5. The van der Waals surface area contributed by atoms with Gasteiger partial charge >= 0.3 is 0 Å². The van der Waals surface area contributed by atoms with Gasteiger partial charge in [0.1, 0.15) is 11.6 Å². The number of methoxy groups -OCH3 is 1. The van der Waals surface area contributed by atoms with Crippen LogP contribution in [0.5, 0.6) is 5.75 Å². The van der Waals surface area contributed by atoms with E-state index in [1.54, 1.807) is 19.2 Å². The van der Waals surface area contributed by atoms with Gasteiger partial charge < -0.3 is 10.1 Å². The van der Waals surface area contributed by atoms with Crippen LogP contribution in [-0.4, -0.2) is 19.7 Å². The highest BCUT2D eigenvalue weighted by Crippen LogP contribution is 2.44. The van der Waals surface area contributed by atoms with Crippen LogP contribution in [0.3, 0.4) is 0 Å². The van der Waals surface area contributed by atoms with E-state index in [9.17, 15) is 4.39 Å². The first-order chi connectivity index (χ1) is 8.59. The van der Waals surface area contributed by atoms with E-state index < -0.39 is 0 Å². The van der Waals surface area contributed by atoms with E-state index >= 15 is 0 Å². The van der Waals surface area contributed by atoms with Gasteiger partial charge in [0.2, 0.25) is 0 Å². The van der Waals surface area contributed by atoms with Gasteiger partial charge in [0.15, 0.2) is 0 Å². The van der Waals surface area contributed by atoms with E-state index in [0.717, 1.165) is 37.1 Å². The molecule has 0 aromatic heterocycles. The monoisotopic (exact) mass is 251 g/mol. The molecule has 1 fully saturated rings. The van der Waals surface area contributed by atoms with Gasteiger partial charge in [-0.2, -0.15) is 0 Å². The van der Waals surface area contributed by atoms with Crippen molar-refractivity contribution in [3.8, 4) is 5.75 Å². The average molecular weight is 251 g/mol. The lowest BCUT2D eigenvalue weighted by atomic mass is 9.80. The molecule has 0 saturated heterocycles. The molecule has 0 bridgehead atoms. The number of benzene rings is 1. The van der Waals surface area contributed by atoms with Crippen molar-refractivity contribution in [3.63, 3.8) is 0 Å². The molecular weight excluding hydrogens is 229 g/mol. The lowest BCUT2D eigenvalue weighted by Crippen LogP contribution is -2.28. The van der Waals surface area contributed by atoms with Crippen LogP contribution in [0, 0.1) is 5.82 Å². The van der Waals surface area contributed by atoms with Crippen LogP contribution in [-0.2, 0) is 5.41 Å². The highest BCUT2D eigenvalue weighted by atomic mass is 19.1. The van der Waals surface area contributed by atoms with Gasteiger partial charge in [-0.05, 0) is 49.4 Å². The standard InChI is InChI=1S/C15H22FNO/c1-4-17-12-7-8-15(2,10-12)13-9-11(16)5-6-14(13)18-3/h5-6,9,12,17H,4,7-8,10H2,1-3H3. The maximum absolute atomic E-state index is 13.5. The van der Waals surface area contributed by atoms with Crippen molar-refractivity contribution in [1.82, 2.24) is 5.32 Å². The average Bonchev–Trinajstić information content (AvgIpc) is 2.73. The molecule has 2 atom stereocenters. The molecule has 0 radical (unpaired) electrons. The summed E-state index contributed by atoms with van der Waals surface area (Å²) in [6.45, 7) is 5.32. The van der Waals surface area contributed by atoms with Crippen LogP contribution >= 0.6 is 0 Å². The molecule has 2 unspecified atom stereocenters. The van der Waals surface area contributed by atoms with Gasteiger partial charge in [-0.25, -0.2) is 4.39 Å². The summed E-state index contributed by atoms with van der Waals surface area (Å²) >= 11 is 0. The Morgan fingerprint density at radius 2 is 2.28 bits per heavy atom. The highest BCUT2D eigenvalue weighted by molar-refractivity contribution is 5.40. The molecule has 2 nitrogen and oxygen atoms in total. The van der Waals surface area contributed by atoms with Crippen LogP contribution in [0.1, 0.15) is 38.7 Å². The summed E-state index contributed by atoms with van der Waals surface area (Å²) in [6, 6.07) is 5.36. The minimum Gasteiger partial charge on any atom is -0.496 e. The summed E-state index contributed by atoms with van der Waals surface area (Å²) in [4.78, 5) is 0. The zero-order chi connectivity index (χ0) is 13.2. The van der Waals surface area contributed by atoms with Crippen LogP contribution in [0.2, 0.25) is 0 Å². The summed E-state index contributed by atoms with van der Waals surface area (Å²) in [5.41, 5.74) is 1.02. The van der Waals surface area contributed by atoms with Crippen molar-refractivity contribution < 1.29 is 9.13 Å². The highest BCUT2D eigenvalue weighted by Gasteiger charge is 2.38. The summed E-state index contributed by atoms with van der Waals surface area (Å²) in [5.74, 6) is 0.620. The quantitative estimate of drug-likeness (QED) is 0.887. The summed E-state index contributed by atoms with van der Waals surface area (Å²) in [7, 11) is 1.65. The molecule has 1 aromatic rings. The number of nitrogens with one attached hydrogen (secondary N) is 1. The van der Waals surface area contributed by atoms with Gasteiger partial charge in [0, 0.05) is 11.6 Å². The second-order valence-electron chi connectivity index (χ2n) is 5.40. The maximum Gasteiger partial charge on any atom is 0.123 e. The Morgan fingerprint density at radius 3 is 2.94 bits per heavy atom. The van der Waals surface area contributed by atoms with Crippen molar-refractivity contribution in [2.45, 2.75) is 44.6 Å². The topological polar surface area (TPSA) is 21.3 Å². The molecule has 100 valence electrons. The number of hydrogen-bond acceptors (Lipinski definition) is 2. The van der Waals surface area contributed by atoms with Crippen LogP contribution in [0.15, 0.2) is 18.2 Å². The second-order valence-corrected chi connectivity index (χ2v) is 5.40. The third-order valence-corrected chi connectivity index (χ3v) is 4.05. The minimum atomic E-state index is -0.182. The molecule has 1 saturated carbocycles. The molecule has 1 aliphatic carbocycles. The molecule has 3 heteroatoms. The van der Waals surface area contributed by atoms with Crippen molar-refractivity contribution in [2.75, 3.05) is 13.7 Å². The van der Waals surface area contributed by atoms with Crippen molar-refractivity contribution >= 4 is 0 Å². The van der Waals surface area contributed by atoms with E-state index in [4.69, 9.17) is 4.74 Å². The molecular formula is C15H22FNO. The van der Waals surface area contributed by atoms with Crippen LogP contribution < -0.4 is 10.1 Å². The predicted molar refractivity (Wildman–Crippen MR) is 71.6 cm³/mol. The Hall–Kier alpha value is -1.09. The molecule has 0 spiro atoms. The lowest BCUT2D eigenvalue weighted by molar-refractivity contribution is 0.380. The van der Waals surface area contributed by atoms with E-state index in [-0.39, 0.29) is 11.2 Å². The second kappa shape index (κ2) is 5.27. The van der Waals surface area contributed by atoms with E-state index in [2.05, 4.69) is 19.2 Å². The van der Waals surface area contributed by atoms with Gasteiger partial charge in [-0.1, -0.05) is 13.8 Å².